The van der Waals surface area contributed by atoms with Gasteiger partial charge < -0.3 is 10.3 Å². The first-order valence-electron chi connectivity index (χ1n) is 5.74. The number of nitrogens with two attached hydrogens (primary N) is 1. The highest BCUT2D eigenvalue weighted by atomic mass is 35.5. The highest BCUT2D eigenvalue weighted by Crippen LogP contribution is 2.27. The van der Waals surface area contributed by atoms with Gasteiger partial charge in [0, 0.05) is 41.9 Å². The van der Waals surface area contributed by atoms with Crippen molar-refractivity contribution in [3.63, 3.8) is 0 Å². The minimum Gasteiger partial charge on any atom is -0.338 e. The number of imidazole rings is 1. The Kier molecular flexibility index (Phi) is 4.27. The second-order valence-electron chi connectivity index (χ2n) is 4.27. The van der Waals surface area contributed by atoms with Gasteiger partial charge in [0.15, 0.2) is 0 Å². The molecule has 0 saturated carbocycles. The summed E-state index contributed by atoms with van der Waals surface area (Å²) in [4.78, 5) is 4.27. The van der Waals surface area contributed by atoms with Crippen molar-refractivity contribution in [1.29, 1.82) is 0 Å². The maximum atomic E-state index is 6.15. The highest BCUT2D eigenvalue weighted by molar-refractivity contribution is 6.35. The lowest BCUT2D eigenvalue weighted by Crippen LogP contribution is -2.13. The fourth-order valence-corrected chi connectivity index (χ4v) is 2.43. The lowest BCUT2D eigenvalue weighted by molar-refractivity contribution is 0.621. The number of aryl methyl sites for hydroxylation is 2. The van der Waals surface area contributed by atoms with E-state index in [-0.39, 0.29) is 6.04 Å². The SMILES string of the molecule is Cn1ccnc1CCC(N)c1ccc(Cl)cc1Cl. The number of benzene rings is 1. The average molecular weight is 284 g/mol. The van der Waals surface area contributed by atoms with Gasteiger partial charge in [0.05, 0.1) is 0 Å². The molecule has 1 atom stereocenters. The molecule has 5 heteroatoms. The summed E-state index contributed by atoms with van der Waals surface area (Å²) < 4.78 is 2.00. The summed E-state index contributed by atoms with van der Waals surface area (Å²) in [6, 6.07) is 5.31. The van der Waals surface area contributed by atoms with Crippen LogP contribution >= 0.6 is 23.2 Å². The Labute approximate surface area is 117 Å². The lowest BCUT2D eigenvalue weighted by Gasteiger charge is -2.13. The first kappa shape index (κ1) is 13.4. The van der Waals surface area contributed by atoms with Crippen molar-refractivity contribution < 1.29 is 0 Å². The number of nitrogens with zero attached hydrogens (tertiary/aromatic N) is 2. The van der Waals surface area contributed by atoms with Gasteiger partial charge >= 0.3 is 0 Å². The van der Waals surface area contributed by atoms with Crippen LogP contribution in [0.1, 0.15) is 23.9 Å². The van der Waals surface area contributed by atoms with E-state index in [4.69, 9.17) is 28.9 Å². The summed E-state index contributed by atoms with van der Waals surface area (Å²) in [6.07, 6.45) is 5.34. The van der Waals surface area contributed by atoms with Gasteiger partial charge in [0.25, 0.3) is 0 Å². The molecule has 3 nitrogen and oxygen atoms in total. The number of hydrogen-bond donors (Lipinski definition) is 1. The van der Waals surface area contributed by atoms with E-state index in [1.807, 2.05) is 29.9 Å². The van der Waals surface area contributed by atoms with Crippen molar-refractivity contribution in [1.82, 2.24) is 9.55 Å². The third-order valence-electron chi connectivity index (χ3n) is 2.96. The zero-order valence-electron chi connectivity index (χ0n) is 10.1. The third-order valence-corrected chi connectivity index (χ3v) is 3.52. The summed E-state index contributed by atoms with van der Waals surface area (Å²) in [5, 5.41) is 1.25. The van der Waals surface area contributed by atoms with E-state index in [9.17, 15) is 0 Å². The Morgan fingerprint density at radius 3 is 2.78 bits per heavy atom. The number of halogens is 2. The van der Waals surface area contributed by atoms with E-state index in [0.717, 1.165) is 24.2 Å². The largest absolute Gasteiger partial charge is 0.338 e. The Hall–Kier alpha value is -1.03. The van der Waals surface area contributed by atoms with Gasteiger partial charge in [-0.2, -0.15) is 0 Å². The van der Waals surface area contributed by atoms with Crippen molar-refractivity contribution in [3.8, 4) is 0 Å². The molecule has 0 aliphatic carbocycles. The minimum absolute atomic E-state index is 0.105. The molecule has 0 fully saturated rings. The van der Waals surface area contributed by atoms with Crippen molar-refractivity contribution >= 4 is 23.2 Å². The molecule has 0 aliphatic rings. The summed E-state index contributed by atoms with van der Waals surface area (Å²) in [5.74, 6) is 1.02. The van der Waals surface area contributed by atoms with E-state index < -0.39 is 0 Å². The zero-order valence-corrected chi connectivity index (χ0v) is 11.6. The van der Waals surface area contributed by atoms with Crippen LogP contribution < -0.4 is 5.73 Å². The van der Waals surface area contributed by atoms with Gasteiger partial charge in [-0.3, -0.25) is 0 Å². The zero-order chi connectivity index (χ0) is 13.1. The highest BCUT2D eigenvalue weighted by Gasteiger charge is 2.11. The Morgan fingerprint density at radius 2 is 2.17 bits per heavy atom. The fraction of sp³-hybridized carbons (Fsp3) is 0.308. The molecule has 1 aromatic carbocycles. The standard InChI is InChI=1S/C13H15Cl2N3/c1-18-7-6-17-13(18)5-4-12(16)10-3-2-9(14)8-11(10)15/h2-3,6-8,12H,4-5,16H2,1H3. The summed E-state index contributed by atoms with van der Waals surface area (Å²) >= 11 is 12.0. The third kappa shape index (κ3) is 3.05. The van der Waals surface area contributed by atoms with Crippen LogP contribution in [-0.2, 0) is 13.5 Å². The number of aromatic nitrogens is 2. The molecule has 0 spiro atoms. The van der Waals surface area contributed by atoms with Crippen molar-refractivity contribution in [2.75, 3.05) is 0 Å². The second-order valence-corrected chi connectivity index (χ2v) is 5.11. The molecular weight excluding hydrogens is 269 g/mol. The van der Waals surface area contributed by atoms with Crippen LogP contribution in [0.3, 0.4) is 0 Å². The molecule has 2 N–H and O–H groups in total. The van der Waals surface area contributed by atoms with Crippen LogP contribution in [-0.4, -0.2) is 9.55 Å². The molecule has 0 bridgehead atoms. The Bertz CT molecular complexity index is 537. The van der Waals surface area contributed by atoms with Crippen molar-refractivity contribution in [3.05, 3.63) is 52.0 Å². The van der Waals surface area contributed by atoms with Gasteiger partial charge in [-0.05, 0) is 24.1 Å². The van der Waals surface area contributed by atoms with Gasteiger partial charge in [0.2, 0.25) is 0 Å². The van der Waals surface area contributed by atoms with Crippen LogP contribution in [0.5, 0.6) is 0 Å². The summed E-state index contributed by atoms with van der Waals surface area (Å²) in [5.41, 5.74) is 7.07. The summed E-state index contributed by atoms with van der Waals surface area (Å²) in [6.45, 7) is 0. The number of rotatable bonds is 4. The predicted octanol–water partition coefficient (Wildman–Crippen LogP) is 3.36. The number of hydrogen-bond acceptors (Lipinski definition) is 2. The van der Waals surface area contributed by atoms with Gasteiger partial charge in [0.1, 0.15) is 5.82 Å². The smallest absolute Gasteiger partial charge is 0.108 e. The molecular formula is C13H15Cl2N3. The maximum Gasteiger partial charge on any atom is 0.108 e. The minimum atomic E-state index is -0.105. The lowest BCUT2D eigenvalue weighted by atomic mass is 10.0. The molecule has 0 aliphatic heterocycles. The van der Waals surface area contributed by atoms with Crippen molar-refractivity contribution in [2.24, 2.45) is 12.8 Å². The molecule has 0 amide bonds. The topological polar surface area (TPSA) is 43.8 Å². The molecule has 2 rings (SSSR count). The van der Waals surface area contributed by atoms with E-state index in [0.29, 0.717) is 10.0 Å². The van der Waals surface area contributed by atoms with E-state index in [1.54, 1.807) is 12.3 Å². The predicted molar refractivity (Wildman–Crippen MR) is 74.9 cm³/mol. The van der Waals surface area contributed by atoms with Gasteiger partial charge in [-0.15, -0.1) is 0 Å². The average Bonchev–Trinajstić information content (AvgIpc) is 2.72. The van der Waals surface area contributed by atoms with Gasteiger partial charge in [-0.1, -0.05) is 29.3 Å². The van der Waals surface area contributed by atoms with E-state index >= 15 is 0 Å². The van der Waals surface area contributed by atoms with E-state index in [2.05, 4.69) is 4.98 Å². The Morgan fingerprint density at radius 1 is 1.39 bits per heavy atom. The first-order chi connectivity index (χ1) is 8.58. The van der Waals surface area contributed by atoms with Crippen LogP contribution in [0.2, 0.25) is 10.0 Å². The van der Waals surface area contributed by atoms with Crippen LogP contribution in [0, 0.1) is 0 Å². The Balaban J connectivity index is 2.03. The van der Waals surface area contributed by atoms with Gasteiger partial charge in [-0.25, -0.2) is 4.98 Å². The molecule has 2 aromatic rings. The molecule has 1 aromatic heterocycles. The normalized spacial score (nSPS) is 12.7. The molecule has 1 heterocycles. The molecule has 1 unspecified atom stereocenters. The quantitative estimate of drug-likeness (QED) is 0.935. The molecule has 96 valence electrons. The second kappa shape index (κ2) is 5.74. The fourth-order valence-electron chi connectivity index (χ4n) is 1.88. The molecule has 0 radical (unpaired) electrons. The van der Waals surface area contributed by atoms with Crippen LogP contribution in [0.15, 0.2) is 30.6 Å². The monoisotopic (exact) mass is 283 g/mol. The molecule has 0 saturated heterocycles. The summed E-state index contributed by atoms with van der Waals surface area (Å²) in [7, 11) is 1.98. The first-order valence-corrected chi connectivity index (χ1v) is 6.50. The van der Waals surface area contributed by atoms with Crippen LogP contribution in [0.25, 0.3) is 0 Å². The maximum absolute atomic E-state index is 6.15. The van der Waals surface area contributed by atoms with Crippen LogP contribution in [0.4, 0.5) is 0 Å². The molecule has 18 heavy (non-hydrogen) atoms. The van der Waals surface area contributed by atoms with Crippen molar-refractivity contribution in [2.45, 2.75) is 18.9 Å². The van der Waals surface area contributed by atoms with E-state index in [1.165, 1.54) is 0 Å².